The molecule has 0 atom stereocenters. The van der Waals surface area contributed by atoms with Gasteiger partial charge in [0.05, 0.1) is 12.7 Å². The van der Waals surface area contributed by atoms with Gasteiger partial charge < -0.3 is 25.7 Å². The summed E-state index contributed by atoms with van der Waals surface area (Å²) in [7, 11) is 3.25. The van der Waals surface area contributed by atoms with Crippen LogP contribution >= 0.6 is 0 Å². The molecule has 0 unspecified atom stereocenters. The lowest BCUT2D eigenvalue weighted by Gasteiger charge is -2.10. The number of nitrogens with two attached hydrogens (primary N) is 1. The second-order valence-corrected chi connectivity index (χ2v) is 4.04. The molecule has 0 radical (unpaired) electrons. The number of methoxy groups -OCH3 is 2. The van der Waals surface area contributed by atoms with Crippen molar-refractivity contribution in [1.29, 1.82) is 0 Å². The lowest BCUT2D eigenvalue weighted by molar-refractivity contribution is 0.194. The Morgan fingerprint density at radius 2 is 2.21 bits per heavy atom. The standard InChI is InChI=1S/C13H21N3O3/c1-18-7-3-6-15-9-10-4-5-11(13(14)16-17)12(8-10)19-2/h4-5,8,15,17H,3,6-7,9H2,1-2H3,(H2,14,16). The quantitative estimate of drug-likeness (QED) is 0.214. The SMILES string of the molecule is COCCCNCc1ccc(/C(N)=N/O)c(OC)c1. The number of hydrogen-bond donors (Lipinski definition) is 3. The van der Waals surface area contributed by atoms with Crippen molar-refractivity contribution in [2.45, 2.75) is 13.0 Å². The van der Waals surface area contributed by atoms with E-state index < -0.39 is 0 Å². The molecule has 1 rings (SSSR count). The molecule has 4 N–H and O–H groups in total. The number of hydrogen-bond acceptors (Lipinski definition) is 5. The first-order valence-corrected chi connectivity index (χ1v) is 6.07. The molecule has 0 heterocycles. The molecule has 6 nitrogen and oxygen atoms in total. The zero-order valence-electron chi connectivity index (χ0n) is 11.3. The van der Waals surface area contributed by atoms with Crippen LogP contribution in [0.15, 0.2) is 23.4 Å². The predicted molar refractivity (Wildman–Crippen MR) is 73.7 cm³/mol. The number of ether oxygens (including phenoxy) is 2. The molecule has 19 heavy (non-hydrogen) atoms. The number of oxime groups is 1. The van der Waals surface area contributed by atoms with Crippen LogP contribution in [0.3, 0.4) is 0 Å². The minimum atomic E-state index is 0.0384. The highest BCUT2D eigenvalue weighted by atomic mass is 16.5. The van der Waals surface area contributed by atoms with Gasteiger partial charge in [0.25, 0.3) is 0 Å². The fourth-order valence-corrected chi connectivity index (χ4v) is 1.69. The van der Waals surface area contributed by atoms with E-state index in [0.29, 0.717) is 11.3 Å². The van der Waals surface area contributed by atoms with Gasteiger partial charge in [-0.15, -0.1) is 0 Å². The Kier molecular flexibility index (Phi) is 6.70. The smallest absolute Gasteiger partial charge is 0.173 e. The zero-order chi connectivity index (χ0) is 14.1. The molecule has 0 aliphatic heterocycles. The topological polar surface area (TPSA) is 89.1 Å². The summed E-state index contributed by atoms with van der Waals surface area (Å²) >= 11 is 0. The molecular formula is C13H21N3O3. The van der Waals surface area contributed by atoms with Crippen LogP contribution in [0.4, 0.5) is 0 Å². The van der Waals surface area contributed by atoms with Gasteiger partial charge in [0.1, 0.15) is 5.75 Å². The molecule has 106 valence electrons. The monoisotopic (exact) mass is 267 g/mol. The second kappa shape index (κ2) is 8.34. The average molecular weight is 267 g/mol. The molecule has 0 aliphatic rings. The van der Waals surface area contributed by atoms with Gasteiger partial charge in [-0.3, -0.25) is 0 Å². The third kappa shape index (κ3) is 4.76. The second-order valence-electron chi connectivity index (χ2n) is 4.04. The van der Waals surface area contributed by atoms with Crippen molar-refractivity contribution in [2.75, 3.05) is 27.4 Å². The van der Waals surface area contributed by atoms with Gasteiger partial charge in [-0.1, -0.05) is 11.2 Å². The minimum absolute atomic E-state index is 0.0384. The fraction of sp³-hybridized carbons (Fsp3) is 0.462. The number of rotatable bonds is 8. The van der Waals surface area contributed by atoms with Crippen LogP contribution in [-0.4, -0.2) is 38.4 Å². The van der Waals surface area contributed by atoms with E-state index in [-0.39, 0.29) is 5.84 Å². The van der Waals surface area contributed by atoms with Crippen molar-refractivity contribution >= 4 is 5.84 Å². The van der Waals surface area contributed by atoms with E-state index in [1.807, 2.05) is 12.1 Å². The summed E-state index contributed by atoms with van der Waals surface area (Å²) in [6, 6.07) is 5.57. The summed E-state index contributed by atoms with van der Waals surface area (Å²) in [6.07, 6.45) is 0.968. The molecule has 0 amide bonds. The lowest BCUT2D eigenvalue weighted by atomic mass is 10.1. The van der Waals surface area contributed by atoms with Gasteiger partial charge in [-0.2, -0.15) is 0 Å². The molecule has 1 aromatic rings. The minimum Gasteiger partial charge on any atom is -0.496 e. The molecule has 0 spiro atoms. The maximum Gasteiger partial charge on any atom is 0.173 e. The van der Waals surface area contributed by atoms with Gasteiger partial charge in [-0.05, 0) is 30.7 Å². The third-order valence-corrected chi connectivity index (χ3v) is 2.68. The van der Waals surface area contributed by atoms with Crippen LogP contribution in [0.2, 0.25) is 0 Å². The third-order valence-electron chi connectivity index (χ3n) is 2.68. The van der Waals surface area contributed by atoms with Crippen LogP contribution in [0.5, 0.6) is 5.75 Å². The maximum atomic E-state index is 8.68. The van der Waals surface area contributed by atoms with Crippen LogP contribution < -0.4 is 15.8 Å². The number of nitrogens with zero attached hydrogens (tertiary/aromatic N) is 1. The first kappa shape index (κ1) is 15.3. The summed E-state index contributed by atoms with van der Waals surface area (Å²) in [5, 5.41) is 15.0. The van der Waals surface area contributed by atoms with Gasteiger partial charge in [0.15, 0.2) is 5.84 Å². The first-order chi connectivity index (χ1) is 9.22. The Morgan fingerprint density at radius 3 is 2.84 bits per heavy atom. The summed E-state index contributed by atoms with van der Waals surface area (Å²) in [6.45, 7) is 2.37. The lowest BCUT2D eigenvalue weighted by Crippen LogP contribution is -2.17. The highest BCUT2D eigenvalue weighted by Crippen LogP contribution is 2.19. The van der Waals surface area contributed by atoms with E-state index in [1.165, 1.54) is 0 Å². The zero-order valence-corrected chi connectivity index (χ0v) is 11.3. The molecular weight excluding hydrogens is 246 g/mol. The van der Waals surface area contributed by atoms with Crippen molar-refractivity contribution in [3.63, 3.8) is 0 Å². The summed E-state index contributed by atoms with van der Waals surface area (Å²) in [5.41, 5.74) is 7.22. The average Bonchev–Trinajstić information content (AvgIpc) is 2.46. The van der Waals surface area contributed by atoms with Crippen molar-refractivity contribution in [1.82, 2.24) is 5.32 Å². The molecule has 0 aromatic heterocycles. The molecule has 0 saturated heterocycles. The van der Waals surface area contributed by atoms with Crippen molar-refractivity contribution < 1.29 is 14.7 Å². The van der Waals surface area contributed by atoms with E-state index in [9.17, 15) is 0 Å². The van der Waals surface area contributed by atoms with E-state index in [2.05, 4.69) is 10.5 Å². The summed E-state index contributed by atoms with van der Waals surface area (Å²) in [5.74, 6) is 0.628. The van der Waals surface area contributed by atoms with Gasteiger partial charge >= 0.3 is 0 Å². The fourth-order valence-electron chi connectivity index (χ4n) is 1.69. The Morgan fingerprint density at radius 1 is 1.42 bits per heavy atom. The summed E-state index contributed by atoms with van der Waals surface area (Å²) in [4.78, 5) is 0. The molecule has 1 aromatic carbocycles. The van der Waals surface area contributed by atoms with Crippen LogP contribution in [0.1, 0.15) is 17.5 Å². The Balaban J connectivity index is 2.62. The predicted octanol–water partition coefficient (Wildman–Crippen LogP) is 0.916. The van der Waals surface area contributed by atoms with Crippen LogP contribution in [-0.2, 0) is 11.3 Å². The maximum absolute atomic E-state index is 8.68. The molecule has 0 bridgehead atoms. The Bertz CT molecular complexity index is 422. The van der Waals surface area contributed by atoms with Crippen molar-refractivity contribution in [3.8, 4) is 5.75 Å². The van der Waals surface area contributed by atoms with Crippen LogP contribution in [0, 0.1) is 0 Å². The summed E-state index contributed by atoms with van der Waals surface area (Å²) < 4.78 is 10.2. The van der Waals surface area contributed by atoms with E-state index >= 15 is 0 Å². The first-order valence-electron chi connectivity index (χ1n) is 6.07. The molecule has 6 heteroatoms. The van der Waals surface area contributed by atoms with Crippen LogP contribution in [0.25, 0.3) is 0 Å². The number of nitrogens with one attached hydrogen (secondary N) is 1. The van der Waals surface area contributed by atoms with Gasteiger partial charge in [-0.25, -0.2) is 0 Å². The highest BCUT2D eigenvalue weighted by molar-refractivity contribution is 5.99. The highest BCUT2D eigenvalue weighted by Gasteiger charge is 2.08. The normalized spacial score (nSPS) is 11.6. The van der Waals surface area contributed by atoms with E-state index in [4.69, 9.17) is 20.4 Å². The Labute approximate surface area is 113 Å². The molecule has 0 fully saturated rings. The van der Waals surface area contributed by atoms with Crippen molar-refractivity contribution in [3.05, 3.63) is 29.3 Å². The molecule has 0 aliphatic carbocycles. The van der Waals surface area contributed by atoms with Crippen molar-refractivity contribution in [2.24, 2.45) is 10.9 Å². The number of benzene rings is 1. The van der Waals surface area contributed by atoms with E-state index in [1.54, 1.807) is 20.3 Å². The van der Waals surface area contributed by atoms with Gasteiger partial charge in [0, 0.05) is 20.3 Å². The largest absolute Gasteiger partial charge is 0.496 e. The van der Waals surface area contributed by atoms with Gasteiger partial charge in [0.2, 0.25) is 0 Å². The molecule has 0 saturated carbocycles. The number of amidine groups is 1. The van der Waals surface area contributed by atoms with E-state index in [0.717, 1.165) is 31.7 Å². The Hall–Kier alpha value is -1.79.